The van der Waals surface area contributed by atoms with Crippen LogP contribution >= 0.6 is 0 Å². The maximum Gasteiger partial charge on any atom is 0.234 e. The zero-order valence-electron chi connectivity index (χ0n) is 8.73. The number of Topliss-reactive ketones (excluding diaryl/α,β-unsaturated/α-hetero) is 1. The molecule has 2 rings (SSSR count). The lowest BCUT2D eigenvalue weighted by molar-refractivity contribution is -0.122. The van der Waals surface area contributed by atoms with E-state index in [1.54, 1.807) is 0 Å². The zero-order chi connectivity index (χ0) is 10.7. The molecular formula is C10H14N2O3. The van der Waals surface area contributed by atoms with Crippen molar-refractivity contribution in [2.45, 2.75) is 31.6 Å². The van der Waals surface area contributed by atoms with Gasteiger partial charge in [0, 0.05) is 13.0 Å². The summed E-state index contributed by atoms with van der Waals surface area (Å²) in [4.78, 5) is 15.4. The van der Waals surface area contributed by atoms with Gasteiger partial charge in [0.15, 0.2) is 11.6 Å². The Morgan fingerprint density at radius 1 is 1.60 bits per heavy atom. The summed E-state index contributed by atoms with van der Waals surface area (Å²) in [5.41, 5.74) is 0. The molecule has 0 saturated heterocycles. The van der Waals surface area contributed by atoms with Crippen molar-refractivity contribution < 1.29 is 14.1 Å². The van der Waals surface area contributed by atoms with E-state index in [4.69, 9.17) is 9.26 Å². The largest absolute Gasteiger partial charge is 0.377 e. The zero-order valence-corrected chi connectivity index (χ0v) is 8.73. The molecule has 82 valence electrons. The third-order valence-electron chi connectivity index (χ3n) is 2.61. The molecule has 1 saturated carbocycles. The Balaban J connectivity index is 1.91. The van der Waals surface area contributed by atoms with Crippen LogP contribution in [0.25, 0.3) is 0 Å². The Morgan fingerprint density at radius 2 is 2.40 bits per heavy atom. The van der Waals surface area contributed by atoms with Crippen molar-refractivity contribution in [1.82, 2.24) is 10.1 Å². The molecule has 0 aliphatic heterocycles. The number of hydrogen-bond acceptors (Lipinski definition) is 5. The third kappa shape index (κ3) is 2.41. The first-order chi connectivity index (χ1) is 7.29. The first-order valence-corrected chi connectivity index (χ1v) is 5.12. The molecule has 5 nitrogen and oxygen atoms in total. The van der Waals surface area contributed by atoms with Crippen LogP contribution < -0.4 is 0 Å². The minimum absolute atomic E-state index is 0.0405. The van der Waals surface area contributed by atoms with E-state index in [2.05, 4.69) is 10.1 Å². The molecule has 0 bridgehead atoms. The van der Waals surface area contributed by atoms with Crippen LogP contribution in [-0.2, 0) is 16.0 Å². The summed E-state index contributed by atoms with van der Waals surface area (Å²) in [5, 5.41) is 3.87. The number of ether oxygens (including phenoxy) is 1. The Hall–Kier alpha value is -1.23. The topological polar surface area (TPSA) is 65.2 Å². The maximum absolute atomic E-state index is 11.2. The number of ketones is 1. The second kappa shape index (κ2) is 4.53. The van der Waals surface area contributed by atoms with Crippen LogP contribution in [0.5, 0.6) is 0 Å². The van der Waals surface area contributed by atoms with Gasteiger partial charge < -0.3 is 9.26 Å². The number of aromatic nitrogens is 2. The van der Waals surface area contributed by atoms with Crippen molar-refractivity contribution in [1.29, 1.82) is 0 Å². The van der Waals surface area contributed by atoms with E-state index in [0.717, 1.165) is 18.7 Å². The lowest BCUT2D eigenvalue weighted by Crippen LogP contribution is -2.12. The molecule has 1 aromatic heterocycles. The standard InChI is InChI=1S/C10H14N2O3/c1-14-6-8(13)5-9-11-10(12-15-9)7-3-2-4-7/h7H,2-6H2,1H3. The Kier molecular flexibility index (Phi) is 3.11. The molecule has 0 spiro atoms. The van der Waals surface area contributed by atoms with Crippen molar-refractivity contribution in [3.8, 4) is 0 Å². The molecule has 1 heterocycles. The van der Waals surface area contributed by atoms with E-state index >= 15 is 0 Å². The van der Waals surface area contributed by atoms with Crippen molar-refractivity contribution in [2.75, 3.05) is 13.7 Å². The highest BCUT2D eigenvalue weighted by Crippen LogP contribution is 2.34. The van der Waals surface area contributed by atoms with Crippen LogP contribution in [0, 0.1) is 0 Å². The predicted octanol–water partition coefficient (Wildman–Crippen LogP) is 1.10. The van der Waals surface area contributed by atoms with E-state index in [-0.39, 0.29) is 18.8 Å². The number of carbonyl (C=O) groups is 1. The molecule has 1 aromatic rings. The van der Waals surface area contributed by atoms with Crippen molar-refractivity contribution in [3.05, 3.63) is 11.7 Å². The molecular weight excluding hydrogens is 196 g/mol. The van der Waals surface area contributed by atoms with Gasteiger partial charge >= 0.3 is 0 Å². The van der Waals surface area contributed by atoms with Crippen LogP contribution in [-0.4, -0.2) is 29.6 Å². The van der Waals surface area contributed by atoms with Gasteiger partial charge in [0.1, 0.15) is 6.61 Å². The van der Waals surface area contributed by atoms with Gasteiger partial charge in [-0.1, -0.05) is 11.6 Å². The van der Waals surface area contributed by atoms with Gasteiger partial charge in [0.05, 0.1) is 6.42 Å². The molecule has 1 aliphatic carbocycles. The predicted molar refractivity (Wildman–Crippen MR) is 51.5 cm³/mol. The average Bonchev–Trinajstić information content (AvgIpc) is 2.50. The molecule has 15 heavy (non-hydrogen) atoms. The fourth-order valence-electron chi connectivity index (χ4n) is 1.55. The van der Waals surface area contributed by atoms with E-state index < -0.39 is 0 Å². The summed E-state index contributed by atoms with van der Waals surface area (Å²) < 4.78 is 9.72. The lowest BCUT2D eigenvalue weighted by atomic mass is 9.85. The molecule has 1 aliphatic rings. The van der Waals surface area contributed by atoms with Crippen molar-refractivity contribution in [3.63, 3.8) is 0 Å². The highest BCUT2D eigenvalue weighted by atomic mass is 16.5. The fraction of sp³-hybridized carbons (Fsp3) is 0.700. The van der Waals surface area contributed by atoms with Crippen LogP contribution in [0.3, 0.4) is 0 Å². The lowest BCUT2D eigenvalue weighted by Gasteiger charge is -2.20. The summed E-state index contributed by atoms with van der Waals surface area (Å²) in [6.45, 7) is 0.0984. The summed E-state index contributed by atoms with van der Waals surface area (Å²) >= 11 is 0. The van der Waals surface area contributed by atoms with E-state index in [0.29, 0.717) is 11.8 Å². The highest BCUT2D eigenvalue weighted by Gasteiger charge is 2.24. The van der Waals surface area contributed by atoms with Crippen molar-refractivity contribution >= 4 is 5.78 Å². The Labute approximate surface area is 87.8 Å². The van der Waals surface area contributed by atoms with Crippen LogP contribution in [0.2, 0.25) is 0 Å². The van der Waals surface area contributed by atoms with E-state index in [1.165, 1.54) is 13.5 Å². The van der Waals surface area contributed by atoms with Gasteiger partial charge in [0.2, 0.25) is 5.89 Å². The van der Waals surface area contributed by atoms with E-state index in [1.807, 2.05) is 0 Å². The quantitative estimate of drug-likeness (QED) is 0.728. The highest BCUT2D eigenvalue weighted by molar-refractivity contribution is 5.81. The number of hydrogen-bond donors (Lipinski definition) is 0. The molecule has 1 fully saturated rings. The fourth-order valence-corrected chi connectivity index (χ4v) is 1.55. The van der Waals surface area contributed by atoms with Crippen LogP contribution in [0.1, 0.15) is 36.9 Å². The molecule has 0 atom stereocenters. The molecule has 0 amide bonds. The molecule has 5 heteroatoms. The van der Waals surface area contributed by atoms with Gasteiger partial charge in [-0.25, -0.2) is 0 Å². The molecule has 0 unspecified atom stereocenters. The third-order valence-corrected chi connectivity index (χ3v) is 2.61. The van der Waals surface area contributed by atoms with Crippen LogP contribution in [0.15, 0.2) is 4.52 Å². The summed E-state index contributed by atoms with van der Waals surface area (Å²) in [6.07, 6.45) is 3.67. The van der Waals surface area contributed by atoms with Gasteiger partial charge in [0.25, 0.3) is 0 Å². The van der Waals surface area contributed by atoms with Gasteiger partial charge in [-0.15, -0.1) is 0 Å². The Bertz CT molecular complexity index is 344. The smallest absolute Gasteiger partial charge is 0.234 e. The van der Waals surface area contributed by atoms with Gasteiger partial charge in [-0.05, 0) is 12.8 Å². The summed E-state index contributed by atoms with van der Waals surface area (Å²) in [6, 6.07) is 0. The summed E-state index contributed by atoms with van der Waals surface area (Å²) in [7, 11) is 1.49. The first kappa shape index (κ1) is 10.3. The molecule has 0 aromatic carbocycles. The second-order valence-corrected chi connectivity index (χ2v) is 3.82. The number of methoxy groups -OCH3 is 1. The minimum Gasteiger partial charge on any atom is -0.377 e. The van der Waals surface area contributed by atoms with Gasteiger partial charge in [-0.2, -0.15) is 4.98 Å². The van der Waals surface area contributed by atoms with Crippen molar-refractivity contribution in [2.24, 2.45) is 0 Å². The number of carbonyl (C=O) groups excluding carboxylic acids is 1. The molecule has 0 radical (unpaired) electrons. The van der Waals surface area contributed by atoms with E-state index in [9.17, 15) is 4.79 Å². The first-order valence-electron chi connectivity index (χ1n) is 5.12. The monoisotopic (exact) mass is 210 g/mol. The number of nitrogens with zero attached hydrogens (tertiary/aromatic N) is 2. The maximum atomic E-state index is 11.2. The number of rotatable bonds is 5. The average molecular weight is 210 g/mol. The van der Waals surface area contributed by atoms with Crippen LogP contribution in [0.4, 0.5) is 0 Å². The minimum atomic E-state index is -0.0405. The SMILES string of the molecule is COCC(=O)Cc1nc(C2CCC2)no1. The van der Waals surface area contributed by atoms with Gasteiger partial charge in [-0.3, -0.25) is 4.79 Å². The Morgan fingerprint density at radius 3 is 3.00 bits per heavy atom. The normalized spacial score (nSPS) is 16.3. The second-order valence-electron chi connectivity index (χ2n) is 3.82. The summed E-state index contributed by atoms with van der Waals surface area (Å²) in [5.74, 6) is 1.56. The molecule has 0 N–H and O–H groups in total.